The van der Waals surface area contributed by atoms with Crippen LogP contribution in [0.2, 0.25) is 0 Å². The molecule has 0 amide bonds. The number of unbranched alkanes of at least 4 members (excludes halogenated alkanes) is 1. The maximum Gasteiger partial charge on any atom is 0.347 e. The first-order valence-electron chi connectivity index (χ1n) is 9.50. The maximum absolute atomic E-state index is 12.6. The summed E-state index contributed by atoms with van der Waals surface area (Å²) in [5, 5.41) is 1.82. The van der Waals surface area contributed by atoms with Crippen LogP contribution in [0.4, 0.5) is 0 Å². The Hall–Kier alpha value is -3.40. The first kappa shape index (κ1) is 18.0. The molecule has 0 unspecified atom stereocenters. The number of carbonyl (C=O) groups excluding carboxylic acids is 1. The van der Waals surface area contributed by atoms with E-state index in [2.05, 4.69) is 23.8 Å². The number of fused-ring (bicyclic) bond motifs is 2. The van der Waals surface area contributed by atoms with Crippen LogP contribution in [-0.2, 0) is 6.54 Å². The molecule has 0 aliphatic rings. The van der Waals surface area contributed by atoms with Gasteiger partial charge in [-0.25, -0.2) is 4.79 Å². The largest absolute Gasteiger partial charge is 0.422 e. The van der Waals surface area contributed by atoms with Gasteiger partial charge in [0.1, 0.15) is 11.1 Å². The SMILES string of the molecule is CCCCn1cc(/C=C/C(=O)c2cc3ccccc3oc2=O)c2ccccc21. The Morgan fingerprint density at radius 3 is 2.75 bits per heavy atom. The van der Waals surface area contributed by atoms with E-state index in [1.165, 1.54) is 6.08 Å². The van der Waals surface area contributed by atoms with Crippen molar-refractivity contribution in [3.8, 4) is 0 Å². The molecule has 2 heterocycles. The molecule has 0 saturated carbocycles. The second kappa shape index (κ2) is 7.69. The fourth-order valence-corrected chi connectivity index (χ4v) is 3.41. The smallest absolute Gasteiger partial charge is 0.347 e. The highest BCUT2D eigenvalue weighted by molar-refractivity contribution is 6.08. The van der Waals surface area contributed by atoms with E-state index in [0.29, 0.717) is 5.58 Å². The van der Waals surface area contributed by atoms with Gasteiger partial charge < -0.3 is 8.98 Å². The molecule has 2 aromatic heterocycles. The summed E-state index contributed by atoms with van der Waals surface area (Å²) in [6, 6.07) is 16.9. The number of para-hydroxylation sites is 2. The van der Waals surface area contributed by atoms with Gasteiger partial charge in [0.2, 0.25) is 0 Å². The second-order valence-electron chi connectivity index (χ2n) is 6.83. The Labute approximate surface area is 162 Å². The standard InChI is InChI=1S/C24H21NO3/c1-2-3-14-25-16-18(19-9-5-6-10-21(19)25)12-13-22(26)20-15-17-8-4-7-11-23(17)28-24(20)27/h4-13,15-16H,2-3,14H2,1H3/b13-12+. The Kier molecular flexibility index (Phi) is 4.94. The van der Waals surface area contributed by atoms with Gasteiger partial charge in [0.25, 0.3) is 0 Å². The Morgan fingerprint density at radius 1 is 1.11 bits per heavy atom. The fourth-order valence-electron chi connectivity index (χ4n) is 3.41. The van der Waals surface area contributed by atoms with Crippen LogP contribution >= 0.6 is 0 Å². The van der Waals surface area contributed by atoms with E-state index in [9.17, 15) is 9.59 Å². The number of hydrogen-bond acceptors (Lipinski definition) is 3. The first-order chi connectivity index (χ1) is 13.7. The number of ketones is 1. The van der Waals surface area contributed by atoms with Crippen LogP contribution in [0.15, 0.2) is 76.1 Å². The quantitative estimate of drug-likeness (QED) is 0.257. The summed E-state index contributed by atoms with van der Waals surface area (Å²) in [4.78, 5) is 24.8. The average molecular weight is 371 g/mol. The molecule has 4 heteroatoms. The number of aromatic nitrogens is 1. The fraction of sp³-hybridized carbons (Fsp3) is 0.167. The molecular weight excluding hydrogens is 350 g/mol. The summed E-state index contributed by atoms with van der Waals surface area (Å²) in [6.45, 7) is 3.10. The summed E-state index contributed by atoms with van der Waals surface area (Å²) in [5.74, 6) is -0.357. The maximum atomic E-state index is 12.6. The third kappa shape index (κ3) is 3.41. The number of nitrogens with zero attached hydrogens (tertiary/aromatic N) is 1. The third-order valence-electron chi connectivity index (χ3n) is 4.89. The number of carbonyl (C=O) groups is 1. The lowest BCUT2D eigenvalue weighted by molar-refractivity contribution is 0.104. The number of benzene rings is 2. The zero-order valence-electron chi connectivity index (χ0n) is 15.7. The summed E-state index contributed by atoms with van der Waals surface area (Å²) >= 11 is 0. The third-order valence-corrected chi connectivity index (χ3v) is 4.89. The Bertz CT molecular complexity index is 1240. The van der Waals surface area contributed by atoms with Crippen molar-refractivity contribution in [2.75, 3.05) is 0 Å². The minimum atomic E-state index is -0.612. The minimum absolute atomic E-state index is 0.0460. The van der Waals surface area contributed by atoms with Gasteiger partial charge in [-0.3, -0.25) is 4.79 Å². The van der Waals surface area contributed by atoms with Gasteiger partial charge in [-0.2, -0.15) is 0 Å². The van der Waals surface area contributed by atoms with Crippen LogP contribution in [0.5, 0.6) is 0 Å². The summed E-state index contributed by atoms with van der Waals surface area (Å²) in [7, 11) is 0. The molecule has 28 heavy (non-hydrogen) atoms. The predicted molar refractivity (Wildman–Crippen MR) is 113 cm³/mol. The first-order valence-corrected chi connectivity index (χ1v) is 9.50. The Morgan fingerprint density at radius 2 is 1.89 bits per heavy atom. The average Bonchev–Trinajstić information content (AvgIpc) is 3.07. The van der Waals surface area contributed by atoms with Crippen LogP contribution < -0.4 is 5.63 Å². The summed E-state index contributed by atoms with van der Waals surface area (Å²) < 4.78 is 7.49. The lowest BCUT2D eigenvalue weighted by Crippen LogP contribution is -2.11. The summed E-state index contributed by atoms with van der Waals surface area (Å²) in [6.07, 6.45) is 7.51. The van der Waals surface area contributed by atoms with Crippen molar-refractivity contribution < 1.29 is 9.21 Å². The van der Waals surface area contributed by atoms with Gasteiger partial charge in [-0.1, -0.05) is 49.7 Å². The van der Waals surface area contributed by atoms with E-state index >= 15 is 0 Å². The van der Waals surface area contributed by atoms with E-state index in [4.69, 9.17) is 4.42 Å². The molecule has 0 bridgehead atoms. The van der Waals surface area contributed by atoms with Crippen LogP contribution in [0.25, 0.3) is 27.9 Å². The number of hydrogen-bond donors (Lipinski definition) is 0. The van der Waals surface area contributed by atoms with Crippen molar-refractivity contribution in [1.82, 2.24) is 4.57 Å². The van der Waals surface area contributed by atoms with Gasteiger partial charge in [0, 0.05) is 34.6 Å². The van der Waals surface area contributed by atoms with Crippen molar-refractivity contribution >= 4 is 33.7 Å². The van der Waals surface area contributed by atoms with Gasteiger partial charge in [-0.05, 0) is 36.8 Å². The molecule has 0 radical (unpaired) electrons. The van der Waals surface area contributed by atoms with Crippen molar-refractivity contribution in [3.05, 3.63) is 88.4 Å². The molecule has 0 saturated heterocycles. The number of aryl methyl sites for hydroxylation is 1. The monoisotopic (exact) mass is 371 g/mol. The van der Waals surface area contributed by atoms with Crippen molar-refractivity contribution in [2.24, 2.45) is 0 Å². The molecule has 4 rings (SSSR count). The van der Waals surface area contributed by atoms with Crippen molar-refractivity contribution in [1.29, 1.82) is 0 Å². The van der Waals surface area contributed by atoms with E-state index in [0.717, 1.165) is 41.2 Å². The zero-order valence-corrected chi connectivity index (χ0v) is 15.7. The Balaban J connectivity index is 1.69. The molecule has 2 aromatic carbocycles. The highest BCUT2D eigenvalue weighted by Crippen LogP contribution is 2.23. The van der Waals surface area contributed by atoms with Gasteiger partial charge in [0.15, 0.2) is 5.78 Å². The molecule has 4 nitrogen and oxygen atoms in total. The second-order valence-corrected chi connectivity index (χ2v) is 6.83. The van der Waals surface area contributed by atoms with Crippen LogP contribution in [-0.4, -0.2) is 10.4 Å². The molecule has 0 fully saturated rings. The van der Waals surface area contributed by atoms with E-state index in [1.54, 1.807) is 24.3 Å². The lowest BCUT2D eigenvalue weighted by Gasteiger charge is -2.02. The van der Waals surface area contributed by atoms with Crippen molar-refractivity contribution in [2.45, 2.75) is 26.3 Å². The highest BCUT2D eigenvalue weighted by atomic mass is 16.4. The molecule has 0 aliphatic carbocycles. The number of allylic oxidation sites excluding steroid dienone is 1. The van der Waals surface area contributed by atoms with Crippen LogP contribution in [0.1, 0.15) is 35.7 Å². The molecule has 0 spiro atoms. The molecule has 0 N–H and O–H groups in total. The predicted octanol–water partition coefficient (Wildman–Crippen LogP) is 5.44. The van der Waals surface area contributed by atoms with Gasteiger partial charge >= 0.3 is 5.63 Å². The molecule has 140 valence electrons. The van der Waals surface area contributed by atoms with Crippen molar-refractivity contribution in [3.63, 3.8) is 0 Å². The van der Waals surface area contributed by atoms with Gasteiger partial charge in [0.05, 0.1) is 0 Å². The molecule has 4 aromatic rings. The topological polar surface area (TPSA) is 52.2 Å². The van der Waals surface area contributed by atoms with Crippen LogP contribution in [0.3, 0.4) is 0 Å². The molecule has 0 atom stereocenters. The zero-order chi connectivity index (χ0) is 19.5. The number of rotatable bonds is 6. The van der Waals surface area contributed by atoms with Crippen LogP contribution in [0, 0.1) is 0 Å². The van der Waals surface area contributed by atoms with E-state index < -0.39 is 5.63 Å². The van der Waals surface area contributed by atoms with E-state index in [-0.39, 0.29) is 11.3 Å². The minimum Gasteiger partial charge on any atom is -0.422 e. The highest BCUT2D eigenvalue weighted by Gasteiger charge is 2.12. The lowest BCUT2D eigenvalue weighted by atomic mass is 10.1. The van der Waals surface area contributed by atoms with E-state index in [1.807, 2.05) is 30.3 Å². The van der Waals surface area contributed by atoms with Gasteiger partial charge in [-0.15, -0.1) is 0 Å². The molecule has 0 aliphatic heterocycles. The summed E-state index contributed by atoms with van der Waals surface area (Å²) in [5.41, 5.74) is 2.02. The normalized spacial score (nSPS) is 11.6. The molecular formula is C24H21NO3.